The van der Waals surface area contributed by atoms with Gasteiger partial charge < -0.3 is 15.0 Å². The van der Waals surface area contributed by atoms with Gasteiger partial charge in [-0.3, -0.25) is 4.79 Å². The van der Waals surface area contributed by atoms with Crippen LogP contribution in [-0.2, 0) is 9.53 Å². The first kappa shape index (κ1) is 14.8. The fourth-order valence-electron chi connectivity index (χ4n) is 3.15. The van der Waals surface area contributed by atoms with Gasteiger partial charge in [-0.15, -0.1) is 0 Å². The van der Waals surface area contributed by atoms with Crippen LogP contribution in [0.1, 0.15) is 51.9 Å². The van der Waals surface area contributed by atoms with Crippen molar-refractivity contribution in [2.75, 3.05) is 26.2 Å². The molecule has 19 heavy (non-hydrogen) atoms. The molecule has 0 spiro atoms. The zero-order valence-electron chi connectivity index (χ0n) is 12.2. The van der Waals surface area contributed by atoms with Gasteiger partial charge in [0.05, 0.1) is 6.10 Å². The molecular weight excluding hydrogens is 240 g/mol. The number of rotatable bonds is 5. The Morgan fingerprint density at radius 3 is 2.47 bits per heavy atom. The molecule has 1 saturated heterocycles. The fraction of sp³-hybridized carbons (Fsp3) is 0.933. The highest BCUT2D eigenvalue weighted by atomic mass is 16.5. The second-order valence-electron chi connectivity index (χ2n) is 5.78. The Balaban J connectivity index is 1.61. The molecule has 1 saturated carbocycles. The number of nitrogens with one attached hydrogen (secondary N) is 1. The van der Waals surface area contributed by atoms with Gasteiger partial charge >= 0.3 is 0 Å². The average Bonchev–Trinajstić information content (AvgIpc) is 2.47. The summed E-state index contributed by atoms with van der Waals surface area (Å²) >= 11 is 0. The lowest BCUT2D eigenvalue weighted by Gasteiger charge is -2.30. The number of amides is 1. The smallest absolute Gasteiger partial charge is 0.248 e. The summed E-state index contributed by atoms with van der Waals surface area (Å²) in [7, 11) is 0. The van der Waals surface area contributed by atoms with E-state index in [9.17, 15) is 4.79 Å². The number of likely N-dealkylation sites (tertiary alicyclic amines) is 1. The monoisotopic (exact) mass is 268 g/mol. The van der Waals surface area contributed by atoms with Crippen LogP contribution in [0, 0.1) is 0 Å². The third-order valence-electron chi connectivity index (χ3n) is 4.32. The molecule has 1 N–H and O–H groups in total. The molecule has 1 aliphatic carbocycles. The maximum absolute atomic E-state index is 12.0. The topological polar surface area (TPSA) is 41.6 Å². The number of hydrogen-bond donors (Lipinski definition) is 1. The van der Waals surface area contributed by atoms with Crippen LogP contribution in [0.4, 0.5) is 0 Å². The summed E-state index contributed by atoms with van der Waals surface area (Å²) in [6.45, 7) is 5.34. The van der Waals surface area contributed by atoms with E-state index in [2.05, 4.69) is 12.2 Å². The van der Waals surface area contributed by atoms with E-state index in [4.69, 9.17) is 4.74 Å². The summed E-state index contributed by atoms with van der Waals surface area (Å²) in [5.41, 5.74) is 0. The number of hydrogen-bond acceptors (Lipinski definition) is 3. The molecule has 0 atom stereocenters. The van der Waals surface area contributed by atoms with Gasteiger partial charge in [-0.1, -0.05) is 6.92 Å². The van der Waals surface area contributed by atoms with E-state index in [0.717, 1.165) is 45.3 Å². The van der Waals surface area contributed by atoms with E-state index in [0.29, 0.717) is 12.1 Å². The van der Waals surface area contributed by atoms with Crippen LogP contribution in [0.15, 0.2) is 0 Å². The number of ether oxygens (including phenoxy) is 1. The van der Waals surface area contributed by atoms with Crippen LogP contribution in [0.5, 0.6) is 0 Å². The van der Waals surface area contributed by atoms with Crippen LogP contribution >= 0.6 is 0 Å². The molecule has 2 aliphatic rings. The minimum absolute atomic E-state index is 0.188. The Labute approximate surface area is 116 Å². The molecule has 0 bridgehead atoms. The summed E-state index contributed by atoms with van der Waals surface area (Å²) in [4.78, 5) is 14.0. The number of carbonyl (C=O) groups excluding carboxylic acids is 1. The molecule has 1 aliphatic heterocycles. The summed E-state index contributed by atoms with van der Waals surface area (Å²) in [6, 6.07) is 0.655. The lowest BCUT2D eigenvalue weighted by Crippen LogP contribution is -2.40. The lowest BCUT2D eigenvalue weighted by molar-refractivity contribution is -0.139. The zero-order valence-corrected chi connectivity index (χ0v) is 12.2. The Bertz CT molecular complexity index is 269. The van der Waals surface area contributed by atoms with Crippen molar-refractivity contribution in [2.24, 2.45) is 0 Å². The quantitative estimate of drug-likeness (QED) is 0.828. The molecule has 0 radical (unpaired) electrons. The Kier molecular flexibility index (Phi) is 6.11. The molecule has 1 amide bonds. The highest BCUT2D eigenvalue weighted by Crippen LogP contribution is 2.21. The van der Waals surface area contributed by atoms with Crippen LogP contribution in [-0.4, -0.2) is 49.2 Å². The van der Waals surface area contributed by atoms with E-state index in [1.165, 1.54) is 19.3 Å². The van der Waals surface area contributed by atoms with Crippen molar-refractivity contribution in [1.82, 2.24) is 10.2 Å². The Morgan fingerprint density at radius 1 is 1.16 bits per heavy atom. The van der Waals surface area contributed by atoms with E-state index in [-0.39, 0.29) is 12.5 Å². The van der Waals surface area contributed by atoms with Crippen LogP contribution in [0.25, 0.3) is 0 Å². The molecule has 0 unspecified atom stereocenters. The zero-order chi connectivity index (χ0) is 13.5. The minimum atomic E-state index is 0.188. The van der Waals surface area contributed by atoms with Gasteiger partial charge in [-0.25, -0.2) is 0 Å². The highest BCUT2D eigenvalue weighted by molar-refractivity contribution is 5.77. The number of nitrogens with zero attached hydrogens (tertiary/aromatic N) is 1. The first-order chi connectivity index (χ1) is 9.29. The second-order valence-corrected chi connectivity index (χ2v) is 5.78. The number of piperidine rings is 1. The van der Waals surface area contributed by atoms with E-state index in [1.54, 1.807) is 0 Å². The summed E-state index contributed by atoms with van der Waals surface area (Å²) in [5, 5.41) is 3.49. The van der Waals surface area contributed by atoms with Gasteiger partial charge in [-0.2, -0.15) is 0 Å². The first-order valence-corrected chi connectivity index (χ1v) is 7.92. The van der Waals surface area contributed by atoms with E-state index < -0.39 is 0 Å². The molecule has 4 heteroatoms. The molecule has 110 valence electrons. The van der Waals surface area contributed by atoms with Gasteiger partial charge in [0.2, 0.25) is 5.91 Å². The normalized spacial score (nSPS) is 28.4. The molecule has 4 nitrogen and oxygen atoms in total. The van der Waals surface area contributed by atoms with Crippen molar-refractivity contribution in [1.29, 1.82) is 0 Å². The van der Waals surface area contributed by atoms with Gasteiger partial charge in [-0.05, 0) is 51.5 Å². The van der Waals surface area contributed by atoms with Crippen molar-refractivity contribution in [3.8, 4) is 0 Å². The predicted octanol–water partition coefficient (Wildman–Crippen LogP) is 1.94. The van der Waals surface area contributed by atoms with Crippen molar-refractivity contribution in [2.45, 2.75) is 64.0 Å². The molecule has 1 heterocycles. The van der Waals surface area contributed by atoms with Gasteiger partial charge in [0.1, 0.15) is 6.61 Å². The summed E-state index contributed by atoms with van der Waals surface area (Å²) in [5.74, 6) is 0.188. The van der Waals surface area contributed by atoms with E-state index >= 15 is 0 Å². The molecule has 0 aromatic rings. The fourth-order valence-corrected chi connectivity index (χ4v) is 3.15. The van der Waals surface area contributed by atoms with Crippen LogP contribution < -0.4 is 5.32 Å². The standard InChI is InChI=1S/C15H28N2O2/c1-2-16-13-6-8-14(9-7-13)19-12-15(18)17-10-4-3-5-11-17/h13-14,16H,2-12H2,1H3. The summed E-state index contributed by atoms with van der Waals surface area (Å²) in [6.07, 6.45) is 8.39. The predicted molar refractivity (Wildman–Crippen MR) is 76.1 cm³/mol. The highest BCUT2D eigenvalue weighted by Gasteiger charge is 2.23. The molecule has 2 rings (SSSR count). The number of carbonyl (C=O) groups is 1. The molecule has 0 aromatic heterocycles. The van der Waals surface area contributed by atoms with Gasteiger partial charge in [0.25, 0.3) is 0 Å². The van der Waals surface area contributed by atoms with E-state index in [1.807, 2.05) is 4.90 Å². The third kappa shape index (κ3) is 4.77. The average molecular weight is 268 g/mol. The second kappa shape index (κ2) is 7.85. The van der Waals surface area contributed by atoms with Crippen molar-refractivity contribution >= 4 is 5.91 Å². The minimum Gasteiger partial charge on any atom is -0.368 e. The van der Waals surface area contributed by atoms with Crippen LogP contribution in [0.3, 0.4) is 0 Å². The molecule has 0 aromatic carbocycles. The third-order valence-corrected chi connectivity index (χ3v) is 4.32. The molecule has 2 fully saturated rings. The lowest BCUT2D eigenvalue weighted by atomic mass is 9.93. The van der Waals surface area contributed by atoms with Crippen molar-refractivity contribution < 1.29 is 9.53 Å². The largest absolute Gasteiger partial charge is 0.368 e. The summed E-state index contributed by atoms with van der Waals surface area (Å²) < 4.78 is 5.81. The Morgan fingerprint density at radius 2 is 1.84 bits per heavy atom. The maximum atomic E-state index is 12.0. The van der Waals surface area contributed by atoms with Gasteiger partial charge in [0, 0.05) is 19.1 Å². The van der Waals surface area contributed by atoms with Gasteiger partial charge in [0.15, 0.2) is 0 Å². The van der Waals surface area contributed by atoms with Crippen molar-refractivity contribution in [3.05, 3.63) is 0 Å². The van der Waals surface area contributed by atoms with Crippen molar-refractivity contribution in [3.63, 3.8) is 0 Å². The maximum Gasteiger partial charge on any atom is 0.248 e. The SMILES string of the molecule is CCNC1CCC(OCC(=O)N2CCCCC2)CC1. The molecular formula is C15H28N2O2. The first-order valence-electron chi connectivity index (χ1n) is 7.92. The Hall–Kier alpha value is -0.610. The van der Waals surface area contributed by atoms with Crippen LogP contribution in [0.2, 0.25) is 0 Å².